The maximum absolute atomic E-state index is 9.43. The van der Waals surface area contributed by atoms with Gasteiger partial charge in [0.1, 0.15) is 12.5 Å². The monoisotopic (exact) mass is 752 g/mol. The predicted octanol–water partition coefficient (Wildman–Crippen LogP) is 13.6. The first-order valence-electron chi connectivity index (χ1n) is 26.6. The highest BCUT2D eigenvalue weighted by Crippen LogP contribution is 2.50. The van der Waals surface area contributed by atoms with Gasteiger partial charge in [0.15, 0.2) is 0 Å². The highest BCUT2D eigenvalue weighted by atomic mass is 15.4. The van der Waals surface area contributed by atoms with E-state index in [0.717, 1.165) is 11.1 Å². The van der Waals surface area contributed by atoms with Crippen molar-refractivity contribution in [3.8, 4) is 28.1 Å². The Hall–Kier alpha value is -6.91. The van der Waals surface area contributed by atoms with Crippen LogP contribution in [0.3, 0.4) is 0 Å². The molecule has 4 nitrogen and oxygen atoms in total. The molecule has 0 fully saturated rings. The zero-order valence-electron chi connectivity index (χ0n) is 47.4. The molecule has 1 aliphatic heterocycles. The fourth-order valence-corrected chi connectivity index (χ4v) is 7.65. The van der Waals surface area contributed by atoms with Crippen LogP contribution in [0.15, 0.2) is 188 Å². The molecule has 0 N–H and O–H groups in total. The molecule has 0 radical (unpaired) electrons. The van der Waals surface area contributed by atoms with Crippen LogP contribution in [-0.2, 0) is 11.8 Å². The Morgan fingerprint density at radius 3 is 1.95 bits per heavy atom. The maximum Gasteiger partial charge on any atom is 0.137 e. The van der Waals surface area contributed by atoms with E-state index in [2.05, 4.69) is 25.8 Å². The summed E-state index contributed by atoms with van der Waals surface area (Å²) in [6, 6.07) is 18.0. The third-order valence-electron chi connectivity index (χ3n) is 10.3. The lowest BCUT2D eigenvalue weighted by atomic mass is 9.88. The average molecular weight is 753 g/mol. The number of para-hydroxylation sites is 4. The topological polar surface area (TPSA) is 24.3 Å². The normalized spacial score (nSPS) is 16.7. The van der Waals surface area contributed by atoms with E-state index < -0.39 is 72.5 Å². The van der Waals surface area contributed by atoms with Crippen molar-refractivity contribution in [2.75, 3.05) is 16.5 Å². The summed E-state index contributed by atoms with van der Waals surface area (Å²) >= 11 is 0. The highest BCUT2D eigenvalue weighted by molar-refractivity contribution is 6.09. The third kappa shape index (κ3) is 6.24. The standard InChI is InChI=1S/C53H44N4/c1-53(2,3)41-30-31-54-51(35-41)57-47-25-11-10-22-45(47)46-29-28-38(34-50(46)57)32-37-16-14-21-42(33-37)55-36-56(49-27-13-12-26-48(49)55)52-43(39-17-6-4-7-18-39)23-15-24-44(52)40-19-8-5-9-20-40/h4-31,33-35H,32,36H2,1-3H3/i4D,5D,6D,7D,8D,9D,10D,11D,17D,18D,19D,20D,22D,25D,28D,29D. The second-order valence-electron chi connectivity index (χ2n) is 14.9. The minimum Gasteiger partial charge on any atom is -0.321 e. The van der Waals surface area contributed by atoms with E-state index in [9.17, 15) is 2.74 Å². The van der Waals surface area contributed by atoms with E-state index in [1.165, 1.54) is 0 Å². The Morgan fingerprint density at radius 1 is 0.579 bits per heavy atom. The minimum absolute atomic E-state index is 0.0400. The zero-order valence-corrected chi connectivity index (χ0v) is 31.4. The van der Waals surface area contributed by atoms with E-state index in [0.29, 0.717) is 34.0 Å². The van der Waals surface area contributed by atoms with Crippen LogP contribution in [0, 0.1) is 0 Å². The summed E-state index contributed by atoms with van der Waals surface area (Å²) in [5.41, 5.74) is 4.61. The summed E-state index contributed by atoms with van der Waals surface area (Å²) in [4.78, 5) is 8.50. The van der Waals surface area contributed by atoms with Crippen LogP contribution in [-0.4, -0.2) is 16.2 Å². The van der Waals surface area contributed by atoms with Gasteiger partial charge in [-0.3, -0.25) is 4.57 Å². The van der Waals surface area contributed by atoms with Gasteiger partial charge in [-0.05, 0) is 88.2 Å². The third-order valence-corrected chi connectivity index (χ3v) is 10.3. The van der Waals surface area contributed by atoms with Gasteiger partial charge in [0.05, 0.1) is 50.0 Å². The molecule has 3 heterocycles. The van der Waals surface area contributed by atoms with Crippen LogP contribution < -0.4 is 9.80 Å². The van der Waals surface area contributed by atoms with Crippen LogP contribution in [0.2, 0.25) is 0 Å². The lowest BCUT2D eigenvalue weighted by molar-refractivity contribution is 0.588. The van der Waals surface area contributed by atoms with Gasteiger partial charge >= 0.3 is 0 Å². The number of hydrogen-bond acceptors (Lipinski definition) is 3. The maximum atomic E-state index is 9.43. The Bertz CT molecular complexity index is 3700. The first kappa shape index (κ1) is 21.4. The van der Waals surface area contributed by atoms with Gasteiger partial charge in [0, 0.05) is 33.8 Å². The second-order valence-corrected chi connectivity index (χ2v) is 14.9. The minimum atomic E-state index is -0.587. The molecule has 4 heteroatoms. The molecule has 0 bridgehead atoms. The predicted molar refractivity (Wildman–Crippen MR) is 239 cm³/mol. The quantitative estimate of drug-likeness (QED) is 0.162. The lowest BCUT2D eigenvalue weighted by Crippen LogP contribution is -2.25. The Morgan fingerprint density at radius 2 is 1.23 bits per heavy atom. The number of pyridine rings is 1. The van der Waals surface area contributed by atoms with Crippen molar-refractivity contribution in [1.82, 2.24) is 9.55 Å². The van der Waals surface area contributed by atoms with Crippen molar-refractivity contribution in [2.24, 2.45) is 0 Å². The molecule has 0 saturated carbocycles. The SMILES string of the molecule is [2H]c1c([2H])c([2H])c(-c2cccc(-c3c([2H])c([2H])c([2H])c([2H])c3[2H])c2N2CN(c3cccc(Cc4cc5c(c([2H])c4[2H])c4c([2H])c([2H])c([2H])c([2H])c4n5-c4cc(C(C)(C)C)ccn4)c3)c3ccccc32)c([2H])c1[2H]. The number of nitrogens with zero attached hydrogens (tertiary/aromatic N) is 4. The molecule has 0 amide bonds. The molecule has 1 aliphatic rings. The van der Waals surface area contributed by atoms with E-state index in [1.54, 1.807) is 35.0 Å². The fourth-order valence-electron chi connectivity index (χ4n) is 7.65. The van der Waals surface area contributed by atoms with Crippen molar-refractivity contribution >= 4 is 44.6 Å². The summed E-state index contributed by atoms with van der Waals surface area (Å²) in [6.07, 6.45) is 1.80. The molecule has 7 aromatic carbocycles. The summed E-state index contributed by atoms with van der Waals surface area (Å²) in [7, 11) is 0. The average Bonchev–Trinajstić information content (AvgIpc) is 3.93. The van der Waals surface area contributed by atoms with Crippen molar-refractivity contribution in [3.05, 3.63) is 204 Å². The van der Waals surface area contributed by atoms with E-state index >= 15 is 0 Å². The number of aromatic nitrogens is 2. The zero-order chi connectivity index (χ0) is 52.4. The van der Waals surface area contributed by atoms with Crippen molar-refractivity contribution in [3.63, 3.8) is 0 Å². The van der Waals surface area contributed by atoms with Gasteiger partial charge in [-0.1, -0.05) is 154 Å². The van der Waals surface area contributed by atoms with Crippen molar-refractivity contribution in [2.45, 2.75) is 32.6 Å². The molecule has 0 atom stereocenters. The van der Waals surface area contributed by atoms with Gasteiger partial charge in [-0.15, -0.1) is 0 Å². The summed E-state index contributed by atoms with van der Waals surface area (Å²) in [5, 5.41) is 0.323. The molecule has 0 aliphatic carbocycles. The second kappa shape index (κ2) is 14.0. The van der Waals surface area contributed by atoms with Gasteiger partial charge in [0.25, 0.3) is 0 Å². The van der Waals surface area contributed by atoms with E-state index in [4.69, 9.17) is 19.2 Å². The van der Waals surface area contributed by atoms with Crippen LogP contribution in [0.5, 0.6) is 0 Å². The Kier molecular flexibility index (Phi) is 5.25. The molecule has 57 heavy (non-hydrogen) atoms. The Labute approximate surface area is 357 Å². The fraction of sp³-hybridized carbons (Fsp3) is 0.113. The molecule has 276 valence electrons. The van der Waals surface area contributed by atoms with Crippen LogP contribution in [0.4, 0.5) is 22.7 Å². The first-order valence-corrected chi connectivity index (χ1v) is 18.6. The molecule has 10 rings (SSSR count). The van der Waals surface area contributed by atoms with Crippen molar-refractivity contribution < 1.29 is 21.9 Å². The van der Waals surface area contributed by atoms with Crippen LogP contribution >= 0.6 is 0 Å². The number of benzene rings is 7. The number of hydrogen-bond donors (Lipinski definition) is 0. The number of rotatable bonds is 7. The van der Waals surface area contributed by atoms with Gasteiger partial charge in [0.2, 0.25) is 0 Å². The summed E-state index contributed by atoms with van der Waals surface area (Å²) in [5.74, 6) is 0.391. The van der Waals surface area contributed by atoms with E-state index in [-0.39, 0.29) is 86.9 Å². The molecule has 9 aromatic rings. The first-order chi connectivity index (χ1) is 34.5. The molecular weight excluding hydrogens is 693 g/mol. The largest absolute Gasteiger partial charge is 0.321 e. The molecule has 2 aromatic heterocycles. The van der Waals surface area contributed by atoms with Crippen molar-refractivity contribution in [1.29, 1.82) is 0 Å². The van der Waals surface area contributed by atoms with Gasteiger partial charge in [-0.25, -0.2) is 4.98 Å². The number of anilines is 4. The van der Waals surface area contributed by atoms with Gasteiger partial charge < -0.3 is 9.80 Å². The molecule has 0 spiro atoms. The molecule has 0 saturated heterocycles. The van der Waals surface area contributed by atoms with Crippen LogP contribution in [0.1, 0.15) is 59.4 Å². The Balaban J connectivity index is 1.13. The van der Waals surface area contributed by atoms with E-state index in [1.807, 2.05) is 70.5 Å². The summed E-state index contributed by atoms with van der Waals surface area (Å²) in [6.45, 7) is 6.19. The molecule has 0 unspecified atom stereocenters. The molecular formula is C53H44N4. The summed E-state index contributed by atoms with van der Waals surface area (Å²) < 4.78 is 143. The smallest absolute Gasteiger partial charge is 0.137 e. The number of fused-ring (bicyclic) bond motifs is 4. The lowest BCUT2D eigenvalue weighted by Gasteiger charge is -2.27. The van der Waals surface area contributed by atoms with Gasteiger partial charge in [-0.2, -0.15) is 0 Å². The highest BCUT2D eigenvalue weighted by Gasteiger charge is 2.31. The van der Waals surface area contributed by atoms with Crippen LogP contribution in [0.25, 0.3) is 49.9 Å².